The van der Waals surface area contributed by atoms with Gasteiger partial charge in [-0.05, 0) is 43.7 Å². The molecular formula is C22H24N4O2. The molecule has 6 heteroatoms. The van der Waals surface area contributed by atoms with E-state index in [4.69, 9.17) is 0 Å². The number of hydrogen-bond acceptors (Lipinski definition) is 3. The normalized spacial score (nSPS) is 10.5. The zero-order valence-corrected chi connectivity index (χ0v) is 16.3. The van der Waals surface area contributed by atoms with Gasteiger partial charge in [0.25, 0.3) is 5.91 Å². The minimum absolute atomic E-state index is 0.0800. The second-order valence-electron chi connectivity index (χ2n) is 6.69. The predicted molar refractivity (Wildman–Crippen MR) is 108 cm³/mol. The van der Waals surface area contributed by atoms with E-state index in [9.17, 15) is 9.59 Å². The molecule has 0 saturated heterocycles. The lowest BCUT2D eigenvalue weighted by atomic mass is 10.1. The van der Waals surface area contributed by atoms with Gasteiger partial charge in [-0.3, -0.25) is 9.59 Å². The predicted octanol–water partition coefficient (Wildman–Crippen LogP) is 3.06. The van der Waals surface area contributed by atoms with Crippen LogP contribution in [-0.2, 0) is 17.9 Å². The van der Waals surface area contributed by atoms with Crippen LogP contribution in [0.3, 0.4) is 0 Å². The Bertz CT molecular complexity index is 976. The largest absolute Gasteiger partial charge is 0.352 e. The quantitative estimate of drug-likeness (QED) is 0.694. The summed E-state index contributed by atoms with van der Waals surface area (Å²) >= 11 is 0. The van der Waals surface area contributed by atoms with Crippen molar-refractivity contribution in [3.63, 3.8) is 0 Å². The van der Waals surface area contributed by atoms with Crippen LogP contribution in [0.15, 0.2) is 54.6 Å². The Kier molecular flexibility index (Phi) is 5.89. The van der Waals surface area contributed by atoms with Gasteiger partial charge in [0.05, 0.1) is 11.4 Å². The number of carbonyl (C=O) groups excluding carboxylic acids is 2. The number of benzene rings is 2. The fraction of sp³-hybridized carbons (Fsp3) is 0.227. The second-order valence-corrected chi connectivity index (χ2v) is 6.69. The molecule has 0 unspecified atom stereocenters. The Hall–Kier alpha value is -3.41. The van der Waals surface area contributed by atoms with Crippen LogP contribution < -0.4 is 10.6 Å². The summed E-state index contributed by atoms with van der Waals surface area (Å²) in [6.45, 7) is 6.30. The molecule has 6 nitrogen and oxygen atoms in total. The number of hydrogen-bond donors (Lipinski definition) is 2. The molecule has 144 valence electrons. The molecule has 0 aliphatic rings. The van der Waals surface area contributed by atoms with Crippen LogP contribution in [0.25, 0.3) is 5.69 Å². The third-order valence-electron chi connectivity index (χ3n) is 4.63. The molecule has 2 aromatic carbocycles. The maximum absolute atomic E-state index is 12.5. The van der Waals surface area contributed by atoms with E-state index in [1.54, 1.807) is 12.1 Å². The van der Waals surface area contributed by atoms with Gasteiger partial charge in [-0.15, -0.1) is 0 Å². The lowest BCUT2D eigenvalue weighted by Gasteiger charge is -2.08. The lowest BCUT2D eigenvalue weighted by Crippen LogP contribution is -2.23. The van der Waals surface area contributed by atoms with Crippen LogP contribution in [-0.4, -0.2) is 21.6 Å². The highest BCUT2D eigenvalue weighted by atomic mass is 16.2. The molecule has 0 fully saturated rings. The average Bonchev–Trinajstić information content (AvgIpc) is 2.99. The Labute approximate surface area is 164 Å². The highest BCUT2D eigenvalue weighted by Crippen LogP contribution is 2.17. The summed E-state index contributed by atoms with van der Waals surface area (Å²) in [7, 11) is 0. The molecule has 0 aliphatic heterocycles. The van der Waals surface area contributed by atoms with Gasteiger partial charge in [-0.1, -0.05) is 30.3 Å². The molecule has 0 saturated carbocycles. The van der Waals surface area contributed by atoms with Crippen molar-refractivity contribution >= 4 is 11.8 Å². The smallest absolute Gasteiger partial charge is 0.251 e. The van der Waals surface area contributed by atoms with E-state index in [0.29, 0.717) is 18.7 Å². The Morgan fingerprint density at radius 3 is 2.25 bits per heavy atom. The summed E-state index contributed by atoms with van der Waals surface area (Å²) in [5.74, 6) is -0.221. The summed E-state index contributed by atoms with van der Waals surface area (Å²) in [5.41, 5.74) is 5.44. The molecule has 0 bridgehead atoms. The maximum Gasteiger partial charge on any atom is 0.251 e. The number of nitrogens with one attached hydrogen (secondary N) is 2. The average molecular weight is 376 g/mol. The summed E-state index contributed by atoms with van der Waals surface area (Å²) < 4.78 is 1.90. The summed E-state index contributed by atoms with van der Waals surface area (Å²) in [5, 5.41) is 10.3. The number of carbonyl (C=O) groups is 2. The molecule has 0 aliphatic carbocycles. The standard InChI is InChI=1S/C22H24N4O2/c1-15-21(16(2)26(25-15)20-7-5-4-6-8-20)14-24-22(28)19-11-9-18(10-12-19)13-23-17(3)27/h4-12H,13-14H2,1-3H3,(H,23,27)(H,24,28). The van der Waals surface area contributed by atoms with E-state index < -0.39 is 0 Å². The van der Waals surface area contributed by atoms with E-state index in [-0.39, 0.29) is 11.8 Å². The molecule has 2 N–H and O–H groups in total. The number of nitrogens with zero attached hydrogens (tertiary/aromatic N) is 2. The van der Waals surface area contributed by atoms with Gasteiger partial charge in [0.1, 0.15) is 0 Å². The molecule has 0 atom stereocenters. The molecule has 1 aromatic heterocycles. The van der Waals surface area contributed by atoms with Crippen molar-refractivity contribution in [3.8, 4) is 5.69 Å². The van der Waals surface area contributed by atoms with Crippen molar-refractivity contribution in [3.05, 3.63) is 82.7 Å². The number of aromatic nitrogens is 2. The molecule has 0 radical (unpaired) electrons. The minimum Gasteiger partial charge on any atom is -0.352 e. The first kappa shape index (κ1) is 19.4. The second kappa shape index (κ2) is 8.52. The number of rotatable bonds is 6. The Balaban J connectivity index is 1.66. The fourth-order valence-corrected chi connectivity index (χ4v) is 3.02. The van der Waals surface area contributed by atoms with Gasteiger partial charge in [0, 0.05) is 36.8 Å². The number of amides is 2. The number of para-hydroxylation sites is 1. The van der Waals surface area contributed by atoms with Crippen LogP contribution in [0.2, 0.25) is 0 Å². The Morgan fingerprint density at radius 1 is 0.929 bits per heavy atom. The summed E-state index contributed by atoms with van der Waals surface area (Å²) in [4.78, 5) is 23.5. The van der Waals surface area contributed by atoms with Gasteiger partial charge in [-0.2, -0.15) is 5.10 Å². The van der Waals surface area contributed by atoms with Crippen LogP contribution >= 0.6 is 0 Å². The summed E-state index contributed by atoms with van der Waals surface area (Å²) in [6.07, 6.45) is 0. The molecule has 3 rings (SSSR count). The Morgan fingerprint density at radius 2 is 1.61 bits per heavy atom. The SMILES string of the molecule is CC(=O)NCc1ccc(C(=O)NCc2c(C)nn(-c3ccccc3)c2C)cc1. The van der Waals surface area contributed by atoms with E-state index in [1.165, 1.54) is 6.92 Å². The van der Waals surface area contributed by atoms with Crippen molar-refractivity contribution in [1.29, 1.82) is 0 Å². The fourth-order valence-electron chi connectivity index (χ4n) is 3.02. The van der Waals surface area contributed by atoms with Crippen LogP contribution in [0, 0.1) is 13.8 Å². The lowest BCUT2D eigenvalue weighted by molar-refractivity contribution is -0.119. The van der Waals surface area contributed by atoms with Crippen molar-refractivity contribution in [1.82, 2.24) is 20.4 Å². The third-order valence-corrected chi connectivity index (χ3v) is 4.63. The van der Waals surface area contributed by atoms with Crippen LogP contribution in [0.5, 0.6) is 0 Å². The number of aryl methyl sites for hydroxylation is 1. The van der Waals surface area contributed by atoms with Gasteiger partial charge in [0.2, 0.25) is 5.91 Å². The van der Waals surface area contributed by atoms with Crippen molar-refractivity contribution in [2.24, 2.45) is 0 Å². The van der Waals surface area contributed by atoms with E-state index in [0.717, 1.165) is 28.2 Å². The molecule has 28 heavy (non-hydrogen) atoms. The third kappa shape index (κ3) is 4.46. The van der Waals surface area contributed by atoms with Crippen LogP contribution in [0.1, 0.15) is 39.8 Å². The molecule has 1 heterocycles. The van der Waals surface area contributed by atoms with E-state index in [1.807, 2.05) is 61.0 Å². The van der Waals surface area contributed by atoms with Crippen molar-refractivity contribution in [2.45, 2.75) is 33.9 Å². The maximum atomic E-state index is 12.5. The van der Waals surface area contributed by atoms with Crippen molar-refractivity contribution in [2.75, 3.05) is 0 Å². The summed E-state index contributed by atoms with van der Waals surface area (Å²) in [6, 6.07) is 17.1. The zero-order chi connectivity index (χ0) is 20.1. The van der Waals surface area contributed by atoms with E-state index in [2.05, 4.69) is 15.7 Å². The molecule has 3 aromatic rings. The topological polar surface area (TPSA) is 76.0 Å². The first-order chi connectivity index (χ1) is 13.5. The van der Waals surface area contributed by atoms with E-state index >= 15 is 0 Å². The molecular weight excluding hydrogens is 352 g/mol. The molecule has 0 spiro atoms. The minimum atomic E-state index is -0.141. The first-order valence-electron chi connectivity index (χ1n) is 9.18. The van der Waals surface area contributed by atoms with Crippen molar-refractivity contribution < 1.29 is 9.59 Å². The van der Waals surface area contributed by atoms with Gasteiger partial charge < -0.3 is 10.6 Å². The highest BCUT2D eigenvalue weighted by molar-refractivity contribution is 5.94. The highest BCUT2D eigenvalue weighted by Gasteiger charge is 2.14. The van der Waals surface area contributed by atoms with Gasteiger partial charge in [-0.25, -0.2) is 4.68 Å². The monoisotopic (exact) mass is 376 g/mol. The first-order valence-corrected chi connectivity index (χ1v) is 9.18. The van der Waals surface area contributed by atoms with Gasteiger partial charge >= 0.3 is 0 Å². The van der Waals surface area contributed by atoms with Crippen LogP contribution in [0.4, 0.5) is 0 Å². The zero-order valence-electron chi connectivity index (χ0n) is 16.3. The molecule has 2 amide bonds. The van der Waals surface area contributed by atoms with Gasteiger partial charge in [0.15, 0.2) is 0 Å².